The number of hydrogen-bond acceptors (Lipinski definition) is 4. The van der Waals surface area contributed by atoms with E-state index in [4.69, 9.17) is 5.26 Å². The van der Waals surface area contributed by atoms with E-state index in [1.807, 2.05) is 6.07 Å². The van der Waals surface area contributed by atoms with Crippen molar-refractivity contribution < 1.29 is 0 Å². The molecule has 0 aliphatic heterocycles. The van der Waals surface area contributed by atoms with Crippen LogP contribution in [0.1, 0.15) is 10.4 Å². The van der Waals surface area contributed by atoms with Gasteiger partial charge in [0.05, 0.1) is 22.0 Å². The van der Waals surface area contributed by atoms with Gasteiger partial charge < -0.3 is 5.32 Å². The van der Waals surface area contributed by atoms with Crippen molar-refractivity contribution in [2.24, 2.45) is 0 Å². The van der Waals surface area contributed by atoms with Gasteiger partial charge >= 0.3 is 0 Å². The summed E-state index contributed by atoms with van der Waals surface area (Å²) in [5.74, 6) is 0.726. The van der Waals surface area contributed by atoms with E-state index in [0.29, 0.717) is 5.56 Å². The molecule has 0 aliphatic rings. The molecule has 0 unspecified atom stereocenters. The molecule has 1 N–H and O–H groups in total. The molecule has 0 amide bonds. The average Bonchev–Trinajstić information content (AvgIpc) is 2.73. The summed E-state index contributed by atoms with van der Waals surface area (Å²) in [4.78, 5) is 5.36. The Bertz CT molecular complexity index is 530. The summed E-state index contributed by atoms with van der Waals surface area (Å²) < 4.78 is 1.11. The second-order valence-electron chi connectivity index (χ2n) is 3.10. The molecule has 0 fully saturated rings. The number of nitrogens with one attached hydrogen (secondary N) is 1. The fraction of sp³-hybridized carbons (Fsp3) is 0.0909. The third-order valence-corrected chi connectivity index (χ3v) is 3.59. The van der Waals surface area contributed by atoms with Gasteiger partial charge in [-0.25, -0.2) is 4.98 Å². The van der Waals surface area contributed by atoms with Crippen LogP contribution in [0.2, 0.25) is 0 Å². The molecule has 3 nitrogen and oxygen atoms in total. The van der Waals surface area contributed by atoms with Gasteiger partial charge in [0.1, 0.15) is 5.82 Å². The smallest absolute Gasteiger partial charge is 0.127 e. The Morgan fingerprint density at radius 3 is 3.00 bits per heavy atom. The second-order valence-corrected chi connectivity index (χ2v) is 5.65. The molecule has 2 aromatic rings. The third-order valence-electron chi connectivity index (χ3n) is 1.96. The van der Waals surface area contributed by atoms with Crippen molar-refractivity contribution in [3.8, 4) is 6.07 Å². The van der Waals surface area contributed by atoms with Crippen LogP contribution >= 0.6 is 27.3 Å². The summed E-state index contributed by atoms with van der Waals surface area (Å²) in [5, 5.41) is 11.9. The maximum Gasteiger partial charge on any atom is 0.127 e. The van der Waals surface area contributed by atoms with Crippen molar-refractivity contribution in [1.82, 2.24) is 4.98 Å². The minimum absolute atomic E-state index is 0.616. The van der Waals surface area contributed by atoms with Crippen LogP contribution in [0.25, 0.3) is 0 Å². The van der Waals surface area contributed by atoms with E-state index in [0.717, 1.165) is 16.1 Å². The van der Waals surface area contributed by atoms with Crippen molar-refractivity contribution in [2.45, 2.75) is 6.54 Å². The van der Waals surface area contributed by atoms with E-state index in [1.165, 1.54) is 4.88 Å². The largest absolute Gasteiger partial charge is 0.365 e. The minimum atomic E-state index is 0.616. The van der Waals surface area contributed by atoms with Gasteiger partial charge in [-0.1, -0.05) is 0 Å². The summed E-state index contributed by atoms with van der Waals surface area (Å²) in [6.07, 6.45) is 1.63. The Balaban J connectivity index is 2.02. The van der Waals surface area contributed by atoms with Gasteiger partial charge in [-0.2, -0.15) is 5.26 Å². The Labute approximate surface area is 106 Å². The Morgan fingerprint density at radius 1 is 1.44 bits per heavy atom. The zero-order valence-electron chi connectivity index (χ0n) is 8.27. The predicted octanol–water partition coefficient (Wildman–Crippen LogP) is 3.39. The highest BCUT2D eigenvalue weighted by molar-refractivity contribution is 9.11. The number of rotatable bonds is 3. The second kappa shape index (κ2) is 5.10. The van der Waals surface area contributed by atoms with E-state index in [-0.39, 0.29) is 0 Å². The van der Waals surface area contributed by atoms with Crippen LogP contribution in [-0.4, -0.2) is 4.98 Å². The average molecular weight is 294 g/mol. The number of thiophene rings is 1. The van der Waals surface area contributed by atoms with Gasteiger partial charge in [-0.3, -0.25) is 0 Å². The molecule has 0 spiro atoms. The van der Waals surface area contributed by atoms with Crippen molar-refractivity contribution in [2.75, 3.05) is 5.32 Å². The Morgan fingerprint density at radius 2 is 2.31 bits per heavy atom. The zero-order chi connectivity index (χ0) is 11.4. The molecule has 0 saturated carbocycles. The van der Waals surface area contributed by atoms with E-state index < -0.39 is 0 Å². The highest BCUT2D eigenvalue weighted by Gasteiger charge is 1.99. The number of anilines is 1. The molecule has 2 heterocycles. The van der Waals surface area contributed by atoms with Gasteiger partial charge in [0, 0.05) is 11.1 Å². The van der Waals surface area contributed by atoms with Crippen molar-refractivity contribution in [3.05, 3.63) is 44.7 Å². The Hall–Kier alpha value is -1.38. The van der Waals surface area contributed by atoms with Crippen LogP contribution in [-0.2, 0) is 6.54 Å². The molecule has 0 radical (unpaired) electrons. The number of hydrogen-bond donors (Lipinski definition) is 1. The lowest BCUT2D eigenvalue weighted by molar-refractivity contribution is 1.14. The monoisotopic (exact) mass is 293 g/mol. The van der Waals surface area contributed by atoms with Crippen LogP contribution < -0.4 is 5.32 Å². The van der Waals surface area contributed by atoms with Gasteiger partial charge in [0.2, 0.25) is 0 Å². The molecule has 16 heavy (non-hydrogen) atoms. The van der Waals surface area contributed by atoms with E-state index >= 15 is 0 Å². The van der Waals surface area contributed by atoms with Crippen LogP contribution in [0.15, 0.2) is 34.2 Å². The Kier molecular flexibility index (Phi) is 3.54. The highest BCUT2D eigenvalue weighted by Crippen LogP contribution is 2.22. The first-order chi connectivity index (χ1) is 7.78. The number of aromatic nitrogens is 1. The van der Waals surface area contributed by atoms with Crippen LogP contribution in [0.3, 0.4) is 0 Å². The first-order valence-electron chi connectivity index (χ1n) is 4.62. The molecule has 0 aromatic carbocycles. The molecule has 0 bridgehead atoms. The summed E-state index contributed by atoms with van der Waals surface area (Å²) >= 11 is 5.09. The van der Waals surface area contributed by atoms with Crippen molar-refractivity contribution >= 4 is 33.1 Å². The summed E-state index contributed by atoms with van der Waals surface area (Å²) in [6.45, 7) is 0.720. The van der Waals surface area contributed by atoms with Gasteiger partial charge in [0.25, 0.3) is 0 Å². The number of nitrogens with zero attached hydrogens (tertiary/aromatic N) is 2. The minimum Gasteiger partial charge on any atom is -0.365 e. The molecular weight excluding hydrogens is 286 g/mol. The summed E-state index contributed by atoms with van der Waals surface area (Å²) in [6, 6.07) is 9.58. The lowest BCUT2D eigenvalue weighted by Crippen LogP contribution is -1.99. The number of halogens is 1. The fourth-order valence-electron chi connectivity index (χ4n) is 1.22. The maximum atomic E-state index is 8.74. The van der Waals surface area contributed by atoms with Gasteiger partial charge in [-0.15, -0.1) is 11.3 Å². The van der Waals surface area contributed by atoms with E-state index in [2.05, 4.69) is 38.4 Å². The number of pyridine rings is 1. The zero-order valence-corrected chi connectivity index (χ0v) is 10.7. The van der Waals surface area contributed by atoms with Crippen LogP contribution in [0.5, 0.6) is 0 Å². The topological polar surface area (TPSA) is 48.7 Å². The molecule has 2 rings (SSSR count). The SMILES string of the molecule is N#Cc1ccnc(NCc2ccc(Br)s2)c1. The molecule has 0 aliphatic carbocycles. The van der Waals surface area contributed by atoms with E-state index in [9.17, 15) is 0 Å². The lowest BCUT2D eigenvalue weighted by Gasteiger charge is -2.03. The molecular formula is C11H8BrN3S. The van der Waals surface area contributed by atoms with Crippen LogP contribution in [0, 0.1) is 11.3 Å². The quantitative estimate of drug-likeness (QED) is 0.944. The first-order valence-corrected chi connectivity index (χ1v) is 6.23. The molecule has 80 valence electrons. The van der Waals surface area contributed by atoms with Crippen LogP contribution in [0.4, 0.5) is 5.82 Å². The highest BCUT2D eigenvalue weighted by atomic mass is 79.9. The number of nitriles is 1. The maximum absolute atomic E-state index is 8.74. The fourth-order valence-corrected chi connectivity index (χ4v) is 2.64. The normalized spacial score (nSPS) is 9.75. The summed E-state index contributed by atoms with van der Waals surface area (Å²) in [5.41, 5.74) is 0.616. The summed E-state index contributed by atoms with van der Waals surface area (Å²) in [7, 11) is 0. The predicted molar refractivity (Wildman–Crippen MR) is 68.3 cm³/mol. The third kappa shape index (κ3) is 2.81. The van der Waals surface area contributed by atoms with E-state index in [1.54, 1.807) is 29.7 Å². The molecule has 0 atom stereocenters. The van der Waals surface area contributed by atoms with Crippen molar-refractivity contribution in [1.29, 1.82) is 5.26 Å². The molecule has 5 heteroatoms. The first kappa shape index (κ1) is 11.1. The van der Waals surface area contributed by atoms with Gasteiger partial charge in [0.15, 0.2) is 0 Å². The molecule has 2 aromatic heterocycles. The molecule has 0 saturated heterocycles. The van der Waals surface area contributed by atoms with Gasteiger partial charge in [-0.05, 0) is 40.2 Å². The standard InChI is InChI=1S/C11H8BrN3S/c12-10-2-1-9(16-10)7-15-11-5-8(6-13)3-4-14-11/h1-5H,7H2,(H,14,15). The van der Waals surface area contributed by atoms with Crippen molar-refractivity contribution in [3.63, 3.8) is 0 Å². The lowest BCUT2D eigenvalue weighted by atomic mass is 10.3.